The van der Waals surface area contributed by atoms with Crippen LogP contribution in [0.15, 0.2) is 29.1 Å². The largest absolute Gasteiger partial charge is 0.451 e. The van der Waals surface area contributed by atoms with Gasteiger partial charge in [-0.25, -0.2) is 9.48 Å². The molecule has 1 saturated carbocycles. The fraction of sp³-hybridized carbons (Fsp3) is 0.500. The number of aryl methyl sites for hydroxylation is 1. The zero-order valence-corrected chi connectivity index (χ0v) is 15.6. The predicted octanol–water partition coefficient (Wildman–Crippen LogP) is 2.32. The van der Waals surface area contributed by atoms with Gasteiger partial charge in [0.05, 0.1) is 5.39 Å². The lowest BCUT2D eigenvalue weighted by Gasteiger charge is -2.20. The number of hydrogen-bond donors (Lipinski definition) is 1. The second-order valence-electron chi connectivity index (χ2n) is 7.01. The number of benzene rings is 1. The Morgan fingerprint density at radius 3 is 2.44 bits per heavy atom. The molecule has 7 nitrogen and oxygen atoms in total. The third kappa shape index (κ3) is 4.72. The van der Waals surface area contributed by atoms with E-state index < -0.39 is 5.97 Å². The van der Waals surface area contributed by atoms with Gasteiger partial charge in [-0.2, -0.15) is 5.10 Å². The first-order chi connectivity index (χ1) is 13.1. The Morgan fingerprint density at radius 2 is 1.74 bits per heavy atom. The average molecular weight is 371 g/mol. The zero-order valence-electron chi connectivity index (χ0n) is 15.6. The van der Waals surface area contributed by atoms with E-state index in [2.05, 4.69) is 10.4 Å². The van der Waals surface area contributed by atoms with Gasteiger partial charge in [0.2, 0.25) is 0 Å². The molecule has 2 aromatic rings. The van der Waals surface area contributed by atoms with Crippen LogP contribution >= 0.6 is 0 Å². The Labute approximate surface area is 157 Å². The van der Waals surface area contributed by atoms with E-state index in [1.165, 1.54) is 26.3 Å². The summed E-state index contributed by atoms with van der Waals surface area (Å²) < 4.78 is 6.27. The quantitative estimate of drug-likeness (QED) is 0.833. The van der Waals surface area contributed by atoms with Crippen molar-refractivity contribution in [1.82, 2.24) is 15.1 Å². The average Bonchev–Trinajstić information content (AvgIpc) is 2.65. The maximum atomic E-state index is 12.4. The van der Waals surface area contributed by atoms with E-state index in [9.17, 15) is 14.4 Å². The molecule has 1 aliphatic carbocycles. The zero-order chi connectivity index (χ0) is 19.2. The Kier molecular flexibility index (Phi) is 6.21. The van der Waals surface area contributed by atoms with Crippen molar-refractivity contribution in [2.75, 3.05) is 6.61 Å². The summed E-state index contributed by atoms with van der Waals surface area (Å²) in [5.74, 6) is -1.02. The number of carbonyl (C=O) groups is 2. The van der Waals surface area contributed by atoms with E-state index in [1.54, 1.807) is 24.3 Å². The molecule has 3 rings (SSSR count). The highest BCUT2D eigenvalue weighted by Crippen LogP contribution is 2.17. The van der Waals surface area contributed by atoms with Gasteiger partial charge < -0.3 is 10.1 Å². The predicted molar refractivity (Wildman–Crippen MR) is 102 cm³/mol. The van der Waals surface area contributed by atoms with Crippen molar-refractivity contribution in [2.45, 2.75) is 51.0 Å². The standard InChI is InChI=1S/C20H25N3O4/c1-23-19(25)16-12-8-7-11-15(16)18(22-23)20(26)27-13-17(24)21-14-9-5-3-2-4-6-10-14/h7-8,11-12,14H,2-6,9-10,13H2,1H3,(H,21,24). The summed E-state index contributed by atoms with van der Waals surface area (Å²) in [6.07, 6.45) is 7.81. The molecule has 0 aliphatic heterocycles. The normalized spacial score (nSPS) is 15.7. The molecule has 144 valence electrons. The Bertz CT molecular complexity index is 882. The number of fused-ring (bicyclic) bond motifs is 1. The van der Waals surface area contributed by atoms with Gasteiger partial charge in [0.25, 0.3) is 11.5 Å². The first-order valence-electron chi connectivity index (χ1n) is 9.49. The molecule has 1 fully saturated rings. The van der Waals surface area contributed by atoms with Gasteiger partial charge in [0.15, 0.2) is 12.3 Å². The highest BCUT2D eigenvalue weighted by Gasteiger charge is 2.19. The number of rotatable bonds is 4. The van der Waals surface area contributed by atoms with Crippen molar-refractivity contribution in [3.8, 4) is 0 Å². The van der Waals surface area contributed by atoms with Gasteiger partial charge in [-0.05, 0) is 18.9 Å². The molecule has 1 aliphatic rings. The summed E-state index contributed by atoms with van der Waals surface area (Å²) in [5.41, 5.74) is -0.254. The van der Waals surface area contributed by atoms with Crippen LogP contribution in [0.5, 0.6) is 0 Å². The number of amides is 1. The molecule has 0 spiro atoms. The molecule has 0 unspecified atom stereocenters. The fourth-order valence-corrected chi connectivity index (χ4v) is 3.52. The Hall–Kier alpha value is -2.70. The maximum Gasteiger partial charge on any atom is 0.359 e. The maximum absolute atomic E-state index is 12.4. The van der Waals surface area contributed by atoms with E-state index >= 15 is 0 Å². The highest BCUT2D eigenvalue weighted by molar-refractivity contribution is 6.02. The van der Waals surface area contributed by atoms with Crippen LogP contribution in [0.3, 0.4) is 0 Å². The van der Waals surface area contributed by atoms with Gasteiger partial charge in [0, 0.05) is 18.5 Å². The summed E-state index contributed by atoms with van der Waals surface area (Å²) in [6.45, 7) is -0.353. The smallest absolute Gasteiger partial charge is 0.359 e. The van der Waals surface area contributed by atoms with Crippen molar-refractivity contribution in [2.24, 2.45) is 7.05 Å². The van der Waals surface area contributed by atoms with Gasteiger partial charge in [0.1, 0.15) is 0 Å². The van der Waals surface area contributed by atoms with Crippen LogP contribution in [0.25, 0.3) is 10.8 Å². The van der Waals surface area contributed by atoms with Crippen molar-refractivity contribution >= 4 is 22.6 Å². The summed E-state index contributed by atoms with van der Waals surface area (Å²) in [7, 11) is 1.48. The van der Waals surface area contributed by atoms with Crippen LogP contribution < -0.4 is 10.9 Å². The molecule has 0 saturated heterocycles. The topological polar surface area (TPSA) is 90.3 Å². The second-order valence-corrected chi connectivity index (χ2v) is 7.01. The molecule has 1 aromatic carbocycles. The number of aromatic nitrogens is 2. The molecular weight excluding hydrogens is 346 g/mol. The first kappa shape index (κ1) is 19.1. The van der Waals surface area contributed by atoms with Gasteiger partial charge in [-0.15, -0.1) is 0 Å². The number of carbonyl (C=O) groups excluding carboxylic acids is 2. The number of nitrogens with zero attached hydrogens (tertiary/aromatic N) is 2. The molecule has 1 aromatic heterocycles. The Morgan fingerprint density at radius 1 is 1.11 bits per heavy atom. The van der Waals surface area contributed by atoms with E-state index in [0.717, 1.165) is 30.4 Å². The summed E-state index contributed by atoms with van der Waals surface area (Å²) >= 11 is 0. The number of esters is 1. The molecule has 0 bridgehead atoms. The first-order valence-corrected chi connectivity index (χ1v) is 9.49. The molecule has 1 heterocycles. The number of nitrogens with one attached hydrogen (secondary N) is 1. The minimum Gasteiger partial charge on any atom is -0.451 e. The molecule has 27 heavy (non-hydrogen) atoms. The lowest BCUT2D eigenvalue weighted by Crippen LogP contribution is -2.38. The molecule has 0 radical (unpaired) electrons. The fourth-order valence-electron chi connectivity index (χ4n) is 3.52. The van der Waals surface area contributed by atoms with E-state index in [-0.39, 0.29) is 29.8 Å². The van der Waals surface area contributed by atoms with Gasteiger partial charge in [-0.3, -0.25) is 9.59 Å². The lowest BCUT2D eigenvalue weighted by atomic mass is 9.97. The van der Waals surface area contributed by atoms with Gasteiger partial charge in [-0.1, -0.05) is 50.3 Å². The van der Waals surface area contributed by atoms with E-state index in [0.29, 0.717) is 10.8 Å². The minimum atomic E-state index is -0.713. The highest BCUT2D eigenvalue weighted by atomic mass is 16.5. The van der Waals surface area contributed by atoms with Crippen LogP contribution in [0, 0.1) is 0 Å². The van der Waals surface area contributed by atoms with Crippen LogP contribution in [0.2, 0.25) is 0 Å². The molecule has 1 amide bonds. The summed E-state index contributed by atoms with van der Waals surface area (Å²) in [4.78, 5) is 36.7. The molecule has 7 heteroatoms. The second kappa shape index (κ2) is 8.79. The molecular formula is C20H25N3O4. The van der Waals surface area contributed by atoms with Crippen LogP contribution in [0.4, 0.5) is 0 Å². The minimum absolute atomic E-state index is 0.0338. The SMILES string of the molecule is Cn1nc(C(=O)OCC(=O)NC2CCCCCCC2)c2ccccc2c1=O. The van der Waals surface area contributed by atoms with Gasteiger partial charge >= 0.3 is 5.97 Å². The van der Waals surface area contributed by atoms with Crippen molar-refractivity contribution < 1.29 is 14.3 Å². The Balaban J connectivity index is 1.64. The van der Waals surface area contributed by atoms with Crippen molar-refractivity contribution in [3.05, 3.63) is 40.3 Å². The van der Waals surface area contributed by atoms with Crippen LogP contribution in [-0.4, -0.2) is 34.3 Å². The van der Waals surface area contributed by atoms with E-state index in [1.807, 2.05) is 0 Å². The summed E-state index contributed by atoms with van der Waals surface area (Å²) in [5, 5.41) is 7.79. The third-order valence-corrected chi connectivity index (χ3v) is 4.95. The molecule has 1 N–H and O–H groups in total. The number of hydrogen-bond acceptors (Lipinski definition) is 5. The van der Waals surface area contributed by atoms with Crippen LogP contribution in [-0.2, 0) is 16.6 Å². The van der Waals surface area contributed by atoms with Crippen molar-refractivity contribution in [1.29, 1.82) is 0 Å². The number of ether oxygens (including phenoxy) is 1. The summed E-state index contributed by atoms with van der Waals surface area (Å²) in [6, 6.07) is 6.88. The van der Waals surface area contributed by atoms with Crippen molar-refractivity contribution in [3.63, 3.8) is 0 Å². The third-order valence-electron chi connectivity index (χ3n) is 4.95. The van der Waals surface area contributed by atoms with Crippen LogP contribution in [0.1, 0.15) is 55.4 Å². The monoisotopic (exact) mass is 371 g/mol. The van der Waals surface area contributed by atoms with E-state index in [4.69, 9.17) is 4.74 Å². The lowest BCUT2D eigenvalue weighted by molar-refractivity contribution is -0.125. The molecule has 0 atom stereocenters.